The van der Waals surface area contributed by atoms with E-state index in [0.29, 0.717) is 15.5 Å². The minimum Gasteiger partial charge on any atom is -0.347 e. The number of aromatic nitrogens is 2. The third kappa shape index (κ3) is 6.52. The first-order valence-electron chi connectivity index (χ1n) is 8.18. The molecular weight excluding hydrogens is 401 g/mol. The number of carbonyl (C=O) groups excluding carboxylic acids is 2. The summed E-state index contributed by atoms with van der Waals surface area (Å²) < 4.78 is 43.2. The van der Waals surface area contributed by atoms with E-state index in [-0.39, 0.29) is 24.6 Å². The van der Waals surface area contributed by atoms with E-state index in [1.807, 2.05) is 0 Å². The zero-order valence-electron chi connectivity index (χ0n) is 15.2. The fourth-order valence-corrected chi connectivity index (χ4v) is 2.32. The molecule has 152 valence electrons. The molecule has 1 aromatic heterocycles. The second kappa shape index (κ2) is 9.05. The average Bonchev–Trinajstić information content (AvgIpc) is 3.07. The van der Waals surface area contributed by atoms with Gasteiger partial charge in [0.25, 0.3) is 0 Å². The third-order valence-corrected chi connectivity index (χ3v) is 3.92. The number of aryl methyl sites for hydroxylation is 1. The van der Waals surface area contributed by atoms with E-state index in [1.165, 1.54) is 14.1 Å². The van der Waals surface area contributed by atoms with Crippen molar-refractivity contribution in [3.63, 3.8) is 0 Å². The van der Waals surface area contributed by atoms with Crippen LogP contribution in [-0.2, 0) is 16.0 Å². The highest BCUT2D eigenvalue weighted by atomic mass is 35.5. The van der Waals surface area contributed by atoms with Gasteiger partial charge in [-0.05, 0) is 24.3 Å². The summed E-state index contributed by atoms with van der Waals surface area (Å²) in [5, 5.41) is 4.31. The summed E-state index contributed by atoms with van der Waals surface area (Å²) >= 11 is 5.81. The predicted molar refractivity (Wildman–Crippen MR) is 94.4 cm³/mol. The van der Waals surface area contributed by atoms with Crippen molar-refractivity contribution in [1.29, 1.82) is 0 Å². The quantitative estimate of drug-likeness (QED) is 0.690. The van der Waals surface area contributed by atoms with Gasteiger partial charge in [0.05, 0.1) is 0 Å². The molecule has 0 spiro atoms. The fraction of sp³-hybridized carbons (Fsp3) is 0.412. The summed E-state index contributed by atoms with van der Waals surface area (Å²) in [6.07, 6.45) is -4.97. The Balaban J connectivity index is 2.01. The van der Waals surface area contributed by atoms with Crippen LogP contribution in [0.2, 0.25) is 5.02 Å². The van der Waals surface area contributed by atoms with Gasteiger partial charge in [-0.2, -0.15) is 18.2 Å². The summed E-state index contributed by atoms with van der Waals surface area (Å²) in [5.41, 5.74) is 0.640. The van der Waals surface area contributed by atoms with E-state index >= 15 is 0 Å². The van der Waals surface area contributed by atoms with Crippen LogP contribution in [-0.4, -0.2) is 65.1 Å². The number of halogens is 4. The molecule has 11 heteroatoms. The van der Waals surface area contributed by atoms with Gasteiger partial charge in [0.15, 0.2) is 0 Å². The van der Waals surface area contributed by atoms with Crippen LogP contribution in [0.25, 0.3) is 11.4 Å². The zero-order chi connectivity index (χ0) is 20.9. The second-order valence-corrected chi connectivity index (χ2v) is 6.61. The van der Waals surface area contributed by atoms with E-state index < -0.39 is 31.1 Å². The molecule has 2 aromatic rings. The van der Waals surface area contributed by atoms with Crippen LogP contribution in [0.4, 0.5) is 13.2 Å². The number of amides is 2. The maximum Gasteiger partial charge on any atom is 0.406 e. The molecule has 0 saturated heterocycles. The third-order valence-electron chi connectivity index (χ3n) is 3.67. The van der Waals surface area contributed by atoms with Gasteiger partial charge < -0.3 is 14.3 Å². The fourth-order valence-electron chi connectivity index (χ4n) is 2.20. The van der Waals surface area contributed by atoms with E-state index in [2.05, 4.69) is 10.1 Å². The first kappa shape index (κ1) is 21.7. The molecule has 0 aliphatic rings. The Morgan fingerprint density at radius 2 is 1.79 bits per heavy atom. The summed E-state index contributed by atoms with van der Waals surface area (Å²) in [6.45, 7) is -2.17. The molecule has 1 aromatic carbocycles. The number of hydrogen-bond donors (Lipinski definition) is 0. The first-order chi connectivity index (χ1) is 13.0. The van der Waals surface area contributed by atoms with E-state index in [1.54, 1.807) is 24.3 Å². The lowest BCUT2D eigenvalue weighted by molar-refractivity contribution is -0.164. The van der Waals surface area contributed by atoms with Crippen molar-refractivity contribution in [2.45, 2.75) is 19.0 Å². The molecule has 0 bridgehead atoms. The Kier molecular flexibility index (Phi) is 7.00. The van der Waals surface area contributed by atoms with Crippen LogP contribution in [0.5, 0.6) is 0 Å². The number of hydrogen-bond acceptors (Lipinski definition) is 5. The molecule has 0 atom stereocenters. The Morgan fingerprint density at radius 1 is 1.14 bits per heavy atom. The molecule has 0 fully saturated rings. The topological polar surface area (TPSA) is 79.5 Å². The molecule has 0 unspecified atom stereocenters. The minimum atomic E-state index is -4.62. The Bertz CT molecular complexity index is 822. The van der Waals surface area contributed by atoms with Gasteiger partial charge in [0.1, 0.15) is 13.1 Å². The van der Waals surface area contributed by atoms with Crippen molar-refractivity contribution in [1.82, 2.24) is 19.9 Å². The highest BCUT2D eigenvalue weighted by molar-refractivity contribution is 6.30. The van der Waals surface area contributed by atoms with Crippen LogP contribution in [0, 0.1) is 0 Å². The monoisotopic (exact) mass is 418 g/mol. The summed E-state index contributed by atoms with van der Waals surface area (Å²) in [7, 11) is 2.80. The van der Waals surface area contributed by atoms with Gasteiger partial charge in [0.2, 0.25) is 23.5 Å². The lowest BCUT2D eigenvalue weighted by Crippen LogP contribution is -2.44. The molecular formula is C17H18ClF3N4O3. The maximum atomic E-state index is 12.7. The maximum absolute atomic E-state index is 12.7. The normalized spacial score (nSPS) is 11.4. The van der Waals surface area contributed by atoms with Crippen molar-refractivity contribution in [2.24, 2.45) is 0 Å². The van der Waals surface area contributed by atoms with Crippen LogP contribution in [0.3, 0.4) is 0 Å². The lowest BCUT2D eigenvalue weighted by atomic mass is 10.2. The average molecular weight is 419 g/mol. The highest BCUT2D eigenvalue weighted by Gasteiger charge is 2.34. The van der Waals surface area contributed by atoms with E-state index in [0.717, 1.165) is 4.90 Å². The molecule has 0 aliphatic carbocycles. The molecule has 2 rings (SSSR count). The molecule has 28 heavy (non-hydrogen) atoms. The smallest absolute Gasteiger partial charge is 0.347 e. The molecule has 0 N–H and O–H groups in total. The number of benzene rings is 1. The minimum absolute atomic E-state index is 0.0517. The summed E-state index contributed by atoms with van der Waals surface area (Å²) in [4.78, 5) is 29.6. The van der Waals surface area contributed by atoms with Crippen LogP contribution < -0.4 is 0 Å². The Hall–Kier alpha value is -2.62. The standard InChI is InChI=1S/C17H18ClF3N4O3/c1-24(2)15(27)9-25(10-17(19,20)21)14(26)8-7-13-22-16(23-28-13)11-3-5-12(18)6-4-11/h3-6H,7-10H2,1-2H3. The van der Waals surface area contributed by atoms with Gasteiger partial charge in [-0.1, -0.05) is 16.8 Å². The van der Waals surface area contributed by atoms with E-state index in [9.17, 15) is 22.8 Å². The predicted octanol–water partition coefficient (Wildman–Crippen LogP) is 2.80. The van der Waals surface area contributed by atoms with Crippen molar-refractivity contribution >= 4 is 23.4 Å². The summed E-state index contributed by atoms with van der Waals surface area (Å²) in [6, 6.07) is 6.65. The molecule has 0 saturated carbocycles. The molecule has 0 aliphatic heterocycles. The first-order valence-corrected chi connectivity index (χ1v) is 8.56. The van der Waals surface area contributed by atoms with Gasteiger partial charge >= 0.3 is 6.18 Å². The SMILES string of the molecule is CN(C)C(=O)CN(CC(F)(F)F)C(=O)CCc1nc(-c2ccc(Cl)cc2)no1. The van der Waals surface area contributed by atoms with Crippen molar-refractivity contribution in [3.05, 3.63) is 35.2 Å². The molecule has 2 amide bonds. The lowest BCUT2D eigenvalue weighted by Gasteiger charge is -2.24. The van der Waals surface area contributed by atoms with E-state index in [4.69, 9.17) is 16.1 Å². The van der Waals surface area contributed by atoms with Gasteiger partial charge in [-0.25, -0.2) is 0 Å². The Labute approximate surface area is 164 Å². The Morgan fingerprint density at radius 3 is 2.36 bits per heavy atom. The van der Waals surface area contributed by atoms with Gasteiger partial charge in [-0.15, -0.1) is 0 Å². The van der Waals surface area contributed by atoms with Crippen LogP contribution in [0.15, 0.2) is 28.8 Å². The largest absolute Gasteiger partial charge is 0.406 e. The van der Waals surface area contributed by atoms with Crippen LogP contribution >= 0.6 is 11.6 Å². The van der Waals surface area contributed by atoms with Crippen molar-refractivity contribution in [3.8, 4) is 11.4 Å². The van der Waals surface area contributed by atoms with Crippen LogP contribution in [0.1, 0.15) is 12.3 Å². The molecule has 7 nitrogen and oxygen atoms in total. The number of alkyl halides is 3. The van der Waals surface area contributed by atoms with Crippen molar-refractivity contribution < 1.29 is 27.3 Å². The molecule has 1 heterocycles. The highest BCUT2D eigenvalue weighted by Crippen LogP contribution is 2.20. The number of rotatable bonds is 7. The number of carbonyl (C=O) groups is 2. The summed E-state index contributed by atoms with van der Waals surface area (Å²) in [5.74, 6) is -1.07. The number of nitrogens with zero attached hydrogens (tertiary/aromatic N) is 4. The second-order valence-electron chi connectivity index (χ2n) is 6.17. The van der Waals surface area contributed by atoms with Gasteiger partial charge in [-0.3, -0.25) is 9.59 Å². The number of likely N-dealkylation sites (N-methyl/N-ethyl adjacent to an activating group) is 1. The molecule has 0 radical (unpaired) electrons. The van der Waals surface area contributed by atoms with Gasteiger partial charge in [0, 0.05) is 37.5 Å². The van der Waals surface area contributed by atoms with Crippen molar-refractivity contribution in [2.75, 3.05) is 27.2 Å². The zero-order valence-corrected chi connectivity index (χ0v) is 15.9.